The lowest BCUT2D eigenvalue weighted by Gasteiger charge is -2.16. The van der Waals surface area contributed by atoms with Crippen molar-refractivity contribution >= 4 is 58.9 Å². The second kappa shape index (κ2) is 7.97. The molecule has 2 N–H and O–H groups in total. The van der Waals surface area contributed by atoms with Gasteiger partial charge < -0.3 is 10.6 Å². The maximum Gasteiger partial charge on any atom is 0.229 e. The number of nitrogens with one attached hydrogen (secondary N) is 2. The molecule has 0 aliphatic carbocycles. The van der Waals surface area contributed by atoms with Crippen molar-refractivity contribution < 1.29 is 0 Å². The van der Waals surface area contributed by atoms with Gasteiger partial charge in [-0.25, -0.2) is 4.98 Å². The van der Waals surface area contributed by atoms with Crippen LogP contribution in [0.1, 0.15) is 5.56 Å². The van der Waals surface area contributed by atoms with Crippen LogP contribution in [0.3, 0.4) is 0 Å². The number of halogens is 1. The molecule has 0 aliphatic heterocycles. The Balaban J connectivity index is 1.65. The standard InChI is InChI=1S/C21H22ClN6P/c1-13-9-14-12-28(2)27-18(14)10-17(13)25-21-23-11-15(22)20(26-21)24-16-7-5-6-8-19(16)29(3)4/h5-12H,1-4H3,(H2,23,24,25,26). The molecule has 0 atom stereocenters. The van der Waals surface area contributed by atoms with Crippen LogP contribution >= 0.6 is 19.5 Å². The Kier molecular flexibility index (Phi) is 5.39. The lowest BCUT2D eigenvalue weighted by atomic mass is 10.1. The van der Waals surface area contributed by atoms with Crippen molar-refractivity contribution in [2.24, 2.45) is 7.05 Å². The molecule has 0 spiro atoms. The number of rotatable bonds is 5. The molecule has 0 fully saturated rings. The summed E-state index contributed by atoms with van der Waals surface area (Å²) in [6.07, 6.45) is 3.61. The maximum absolute atomic E-state index is 6.37. The minimum atomic E-state index is -0.263. The number of aryl methyl sites for hydroxylation is 2. The predicted molar refractivity (Wildman–Crippen MR) is 124 cm³/mol. The summed E-state index contributed by atoms with van der Waals surface area (Å²) < 4.78 is 1.81. The van der Waals surface area contributed by atoms with Gasteiger partial charge >= 0.3 is 0 Å². The zero-order valence-electron chi connectivity index (χ0n) is 16.7. The van der Waals surface area contributed by atoms with Crippen molar-refractivity contribution in [1.82, 2.24) is 19.7 Å². The Bertz CT molecular complexity index is 1190. The molecule has 0 bridgehead atoms. The summed E-state index contributed by atoms with van der Waals surface area (Å²) in [6.45, 7) is 6.49. The first-order chi connectivity index (χ1) is 13.9. The van der Waals surface area contributed by atoms with Crippen LogP contribution in [0.15, 0.2) is 48.8 Å². The van der Waals surface area contributed by atoms with Crippen molar-refractivity contribution in [3.63, 3.8) is 0 Å². The fourth-order valence-corrected chi connectivity index (χ4v) is 4.31. The van der Waals surface area contributed by atoms with Crippen LogP contribution in [-0.4, -0.2) is 33.1 Å². The third-order valence-electron chi connectivity index (χ3n) is 4.59. The molecule has 0 unspecified atom stereocenters. The van der Waals surface area contributed by atoms with Gasteiger partial charge in [0.15, 0.2) is 5.82 Å². The van der Waals surface area contributed by atoms with Gasteiger partial charge in [-0.15, -0.1) is 0 Å². The van der Waals surface area contributed by atoms with E-state index in [1.54, 1.807) is 6.20 Å². The highest BCUT2D eigenvalue weighted by molar-refractivity contribution is 7.64. The van der Waals surface area contributed by atoms with Crippen molar-refractivity contribution in [3.05, 3.63) is 59.4 Å². The predicted octanol–water partition coefficient (Wildman–Crippen LogP) is 5.18. The maximum atomic E-state index is 6.37. The van der Waals surface area contributed by atoms with Gasteiger partial charge in [0.05, 0.1) is 11.7 Å². The molecular formula is C21H22ClN6P. The monoisotopic (exact) mass is 424 g/mol. The van der Waals surface area contributed by atoms with Crippen LogP contribution in [0.4, 0.5) is 23.1 Å². The van der Waals surface area contributed by atoms with Gasteiger partial charge in [0.1, 0.15) is 5.02 Å². The molecule has 2 heterocycles. The summed E-state index contributed by atoms with van der Waals surface area (Å²) in [6, 6.07) is 12.3. The highest BCUT2D eigenvalue weighted by atomic mass is 35.5. The Hall–Kier alpha value is -2.69. The Morgan fingerprint density at radius 2 is 1.86 bits per heavy atom. The van der Waals surface area contributed by atoms with E-state index in [0.29, 0.717) is 16.8 Å². The minimum Gasteiger partial charge on any atom is -0.338 e. The average Bonchev–Trinajstić information content (AvgIpc) is 3.03. The summed E-state index contributed by atoms with van der Waals surface area (Å²) in [5, 5.41) is 14.0. The Labute approximate surface area is 176 Å². The van der Waals surface area contributed by atoms with Gasteiger partial charge in [0.2, 0.25) is 5.95 Å². The van der Waals surface area contributed by atoms with Crippen LogP contribution in [0.5, 0.6) is 0 Å². The first-order valence-corrected chi connectivity index (χ1v) is 11.8. The van der Waals surface area contributed by atoms with Crippen LogP contribution in [0, 0.1) is 6.92 Å². The number of nitrogens with zero attached hydrogens (tertiary/aromatic N) is 4. The first kappa shape index (κ1) is 19.6. The molecule has 4 aromatic rings. The molecule has 6 nitrogen and oxygen atoms in total. The van der Waals surface area contributed by atoms with Crippen molar-refractivity contribution in [1.29, 1.82) is 0 Å². The second-order valence-corrected chi connectivity index (χ2v) is 9.76. The first-order valence-electron chi connectivity index (χ1n) is 9.17. The quantitative estimate of drug-likeness (QED) is 0.432. The molecule has 0 saturated carbocycles. The van der Waals surface area contributed by atoms with E-state index in [1.807, 2.05) is 49.1 Å². The van der Waals surface area contributed by atoms with Gasteiger partial charge in [-0.2, -0.15) is 10.1 Å². The van der Waals surface area contributed by atoms with Gasteiger partial charge in [-0.3, -0.25) is 4.68 Å². The number of hydrogen-bond acceptors (Lipinski definition) is 5. The number of fused-ring (bicyclic) bond motifs is 1. The van der Waals surface area contributed by atoms with Crippen molar-refractivity contribution in [3.8, 4) is 0 Å². The van der Waals surface area contributed by atoms with E-state index in [-0.39, 0.29) is 7.92 Å². The largest absolute Gasteiger partial charge is 0.338 e. The van der Waals surface area contributed by atoms with Gasteiger partial charge in [0, 0.05) is 30.0 Å². The Morgan fingerprint density at radius 1 is 1.07 bits per heavy atom. The van der Waals surface area contributed by atoms with Gasteiger partial charge in [-0.1, -0.05) is 37.7 Å². The van der Waals surface area contributed by atoms with Gasteiger partial charge in [0.25, 0.3) is 0 Å². The third-order valence-corrected chi connectivity index (χ3v) is 6.22. The summed E-state index contributed by atoms with van der Waals surface area (Å²) in [7, 11) is 1.65. The lowest BCUT2D eigenvalue weighted by molar-refractivity contribution is 0.780. The summed E-state index contributed by atoms with van der Waals surface area (Å²) >= 11 is 6.37. The number of benzene rings is 2. The smallest absolute Gasteiger partial charge is 0.229 e. The SMILES string of the molecule is Cc1cc2cn(C)nc2cc1Nc1ncc(Cl)c(Nc2ccccc2P(C)C)n1. The van der Waals surface area contributed by atoms with E-state index in [2.05, 4.69) is 51.2 Å². The Morgan fingerprint density at radius 3 is 2.66 bits per heavy atom. The van der Waals surface area contributed by atoms with E-state index >= 15 is 0 Å². The molecule has 0 amide bonds. The summed E-state index contributed by atoms with van der Waals surface area (Å²) in [4.78, 5) is 8.95. The molecule has 2 aromatic carbocycles. The van der Waals surface area contributed by atoms with Crippen LogP contribution in [0.2, 0.25) is 5.02 Å². The van der Waals surface area contributed by atoms with E-state index < -0.39 is 0 Å². The number of aromatic nitrogens is 4. The number of para-hydroxylation sites is 1. The molecule has 0 radical (unpaired) electrons. The van der Waals surface area contributed by atoms with E-state index in [9.17, 15) is 0 Å². The normalized spacial score (nSPS) is 11.2. The summed E-state index contributed by atoms with van der Waals surface area (Å²) in [5.74, 6) is 1.05. The molecule has 2 aromatic heterocycles. The van der Waals surface area contributed by atoms with E-state index in [4.69, 9.17) is 11.6 Å². The highest BCUT2D eigenvalue weighted by Gasteiger charge is 2.12. The molecule has 4 rings (SSSR count). The van der Waals surface area contributed by atoms with E-state index in [0.717, 1.165) is 27.8 Å². The third kappa shape index (κ3) is 4.19. The topological polar surface area (TPSA) is 67.7 Å². The second-order valence-electron chi connectivity index (χ2n) is 7.08. The van der Waals surface area contributed by atoms with Crippen molar-refractivity contribution in [2.45, 2.75) is 6.92 Å². The van der Waals surface area contributed by atoms with E-state index in [1.165, 1.54) is 5.30 Å². The molecule has 0 saturated heterocycles. The van der Waals surface area contributed by atoms with Gasteiger partial charge in [-0.05, 0) is 49.3 Å². The zero-order valence-corrected chi connectivity index (χ0v) is 18.4. The fourth-order valence-electron chi connectivity index (χ4n) is 3.18. The van der Waals surface area contributed by atoms with Crippen molar-refractivity contribution in [2.75, 3.05) is 24.0 Å². The summed E-state index contributed by atoms with van der Waals surface area (Å²) in [5.41, 5.74) is 3.93. The molecular weight excluding hydrogens is 403 g/mol. The van der Waals surface area contributed by atoms with Crippen LogP contribution in [0.25, 0.3) is 10.9 Å². The number of hydrogen-bond donors (Lipinski definition) is 2. The number of anilines is 4. The lowest BCUT2D eigenvalue weighted by Crippen LogP contribution is -2.09. The zero-order chi connectivity index (χ0) is 20.5. The fraction of sp³-hybridized carbons (Fsp3) is 0.190. The van der Waals surface area contributed by atoms with Crippen LogP contribution in [-0.2, 0) is 7.05 Å². The minimum absolute atomic E-state index is 0.263. The highest BCUT2D eigenvalue weighted by Crippen LogP contribution is 2.31. The molecule has 148 valence electrons. The molecule has 8 heteroatoms. The molecule has 0 aliphatic rings. The average molecular weight is 425 g/mol. The molecule has 29 heavy (non-hydrogen) atoms. The van der Waals surface area contributed by atoms with Crippen LogP contribution < -0.4 is 15.9 Å².